The fraction of sp³-hybridized carbons (Fsp3) is 0.571. The van der Waals surface area contributed by atoms with Crippen molar-refractivity contribution in [1.29, 1.82) is 0 Å². The van der Waals surface area contributed by atoms with Crippen LogP contribution in [0.5, 0.6) is 0 Å². The highest BCUT2D eigenvalue weighted by Crippen LogP contribution is 1.91. The first-order chi connectivity index (χ1) is 9.36. The van der Waals surface area contributed by atoms with E-state index >= 15 is 0 Å². The third kappa shape index (κ3) is 7.41. The Morgan fingerprint density at radius 2 is 2.21 bits per heavy atom. The molecule has 0 radical (unpaired) electrons. The molecule has 1 heterocycles. The van der Waals surface area contributed by atoms with Crippen molar-refractivity contribution in [1.82, 2.24) is 15.6 Å². The highest BCUT2D eigenvalue weighted by Gasteiger charge is 1.98. The van der Waals surface area contributed by atoms with Gasteiger partial charge in [-0.3, -0.25) is 9.98 Å². The summed E-state index contributed by atoms with van der Waals surface area (Å²) in [5.41, 5.74) is 0.990. The number of nitrogens with one attached hydrogen (secondary N) is 2. The van der Waals surface area contributed by atoms with Crippen LogP contribution in [0.1, 0.15) is 25.5 Å². The van der Waals surface area contributed by atoms with E-state index < -0.39 is 0 Å². The van der Waals surface area contributed by atoms with Crippen molar-refractivity contribution in [2.75, 3.05) is 26.8 Å². The van der Waals surface area contributed by atoms with E-state index in [9.17, 15) is 0 Å². The average molecular weight is 264 g/mol. The van der Waals surface area contributed by atoms with Crippen molar-refractivity contribution < 1.29 is 4.74 Å². The molecule has 0 aliphatic rings. The van der Waals surface area contributed by atoms with Gasteiger partial charge in [0.1, 0.15) is 0 Å². The maximum Gasteiger partial charge on any atom is 0.191 e. The molecule has 0 aliphatic carbocycles. The molecule has 5 heteroatoms. The summed E-state index contributed by atoms with van der Waals surface area (Å²) in [5.74, 6) is 0.768. The van der Waals surface area contributed by atoms with Crippen molar-refractivity contribution in [3.05, 3.63) is 30.1 Å². The number of hydrogen-bond donors (Lipinski definition) is 2. The lowest BCUT2D eigenvalue weighted by Gasteiger charge is -2.11. The van der Waals surface area contributed by atoms with E-state index in [2.05, 4.69) is 27.5 Å². The summed E-state index contributed by atoms with van der Waals surface area (Å²) in [5, 5.41) is 6.41. The second kappa shape index (κ2) is 10.3. The van der Waals surface area contributed by atoms with Gasteiger partial charge in [0.25, 0.3) is 0 Å². The van der Waals surface area contributed by atoms with Crippen LogP contribution in [0.25, 0.3) is 0 Å². The number of aliphatic imine (C=N–C) groups is 1. The van der Waals surface area contributed by atoms with Crippen molar-refractivity contribution in [2.24, 2.45) is 4.99 Å². The predicted molar refractivity (Wildman–Crippen MR) is 78.2 cm³/mol. The molecule has 1 aromatic rings. The zero-order chi connectivity index (χ0) is 13.8. The quantitative estimate of drug-likeness (QED) is 0.425. The lowest BCUT2D eigenvalue weighted by Crippen LogP contribution is -2.38. The largest absolute Gasteiger partial charge is 0.380 e. The SMILES string of the molecule is CCCCOCCNC(=NC)NCc1ccccn1. The molecular weight excluding hydrogens is 240 g/mol. The van der Waals surface area contributed by atoms with Crippen LogP contribution in [0.2, 0.25) is 0 Å². The minimum absolute atomic E-state index is 0.664. The molecule has 0 aliphatic heterocycles. The number of rotatable bonds is 8. The fourth-order valence-electron chi connectivity index (χ4n) is 1.49. The van der Waals surface area contributed by atoms with E-state index in [0.29, 0.717) is 13.2 Å². The minimum Gasteiger partial charge on any atom is -0.380 e. The van der Waals surface area contributed by atoms with Crippen LogP contribution < -0.4 is 10.6 Å². The molecule has 0 saturated heterocycles. The Morgan fingerprint density at radius 1 is 1.32 bits per heavy atom. The molecule has 106 valence electrons. The second-order valence-electron chi connectivity index (χ2n) is 4.14. The van der Waals surface area contributed by atoms with Gasteiger partial charge in [0, 0.05) is 26.4 Å². The van der Waals surface area contributed by atoms with Crippen LogP contribution in [-0.2, 0) is 11.3 Å². The van der Waals surface area contributed by atoms with Crippen LogP contribution in [0.15, 0.2) is 29.4 Å². The summed E-state index contributed by atoms with van der Waals surface area (Å²) in [7, 11) is 1.76. The Bertz CT molecular complexity index is 354. The summed E-state index contributed by atoms with van der Waals surface area (Å²) in [6, 6.07) is 5.86. The number of guanidine groups is 1. The smallest absolute Gasteiger partial charge is 0.191 e. The van der Waals surface area contributed by atoms with Crippen molar-refractivity contribution >= 4 is 5.96 Å². The maximum atomic E-state index is 5.47. The molecule has 0 amide bonds. The Kier molecular flexibility index (Phi) is 8.38. The first-order valence-electron chi connectivity index (χ1n) is 6.79. The van der Waals surface area contributed by atoms with Gasteiger partial charge in [0.15, 0.2) is 5.96 Å². The summed E-state index contributed by atoms with van der Waals surface area (Å²) < 4.78 is 5.47. The number of ether oxygens (including phenoxy) is 1. The van der Waals surface area contributed by atoms with E-state index in [1.54, 1.807) is 13.2 Å². The Labute approximate surface area is 115 Å². The summed E-state index contributed by atoms with van der Waals surface area (Å²) in [6.07, 6.45) is 4.07. The van der Waals surface area contributed by atoms with Gasteiger partial charge >= 0.3 is 0 Å². The maximum absolute atomic E-state index is 5.47. The number of nitrogens with zero attached hydrogens (tertiary/aromatic N) is 2. The minimum atomic E-state index is 0.664. The van der Waals surface area contributed by atoms with E-state index in [1.807, 2.05) is 18.2 Å². The monoisotopic (exact) mass is 264 g/mol. The molecule has 1 rings (SSSR count). The molecule has 19 heavy (non-hydrogen) atoms. The Hall–Kier alpha value is -1.62. The summed E-state index contributed by atoms with van der Waals surface area (Å²) >= 11 is 0. The van der Waals surface area contributed by atoms with Gasteiger partial charge in [-0.05, 0) is 18.6 Å². The second-order valence-corrected chi connectivity index (χ2v) is 4.14. The van der Waals surface area contributed by atoms with Crippen molar-refractivity contribution in [2.45, 2.75) is 26.3 Å². The van der Waals surface area contributed by atoms with E-state index in [1.165, 1.54) is 6.42 Å². The molecule has 0 saturated carbocycles. The van der Waals surface area contributed by atoms with Gasteiger partial charge < -0.3 is 15.4 Å². The van der Waals surface area contributed by atoms with Gasteiger partial charge in [-0.1, -0.05) is 19.4 Å². The zero-order valence-electron chi connectivity index (χ0n) is 11.9. The molecule has 0 bridgehead atoms. The van der Waals surface area contributed by atoms with E-state index in [0.717, 1.165) is 31.2 Å². The summed E-state index contributed by atoms with van der Waals surface area (Å²) in [6.45, 7) is 5.11. The lowest BCUT2D eigenvalue weighted by molar-refractivity contribution is 0.136. The normalized spacial score (nSPS) is 11.4. The topological polar surface area (TPSA) is 58.5 Å². The van der Waals surface area contributed by atoms with Gasteiger partial charge in [-0.2, -0.15) is 0 Å². The van der Waals surface area contributed by atoms with Gasteiger partial charge in [0.05, 0.1) is 18.8 Å². The van der Waals surface area contributed by atoms with Crippen LogP contribution in [-0.4, -0.2) is 37.7 Å². The third-order valence-corrected chi connectivity index (χ3v) is 2.57. The number of pyridine rings is 1. The standard InChI is InChI=1S/C14H24N4O/c1-3-4-10-19-11-9-17-14(15-2)18-12-13-7-5-6-8-16-13/h5-8H,3-4,9-12H2,1-2H3,(H2,15,17,18). The van der Waals surface area contributed by atoms with Crippen LogP contribution in [0.3, 0.4) is 0 Å². The first-order valence-corrected chi connectivity index (χ1v) is 6.79. The number of aromatic nitrogens is 1. The van der Waals surface area contributed by atoms with Crippen LogP contribution >= 0.6 is 0 Å². The van der Waals surface area contributed by atoms with E-state index in [4.69, 9.17) is 4.74 Å². The van der Waals surface area contributed by atoms with E-state index in [-0.39, 0.29) is 0 Å². The van der Waals surface area contributed by atoms with Gasteiger partial charge in [0.2, 0.25) is 0 Å². The van der Waals surface area contributed by atoms with Gasteiger partial charge in [-0.25, -0.2) is 0 Å². The van der Waals surface area contributed by atoms with Crippen LogP contribution in [0, 0.1) is 0 Å². The first kappa shape index (κ1) is 15.4. The molecule has 0 unspecified atom stereocenters. The molecular formula is C14H24N4O. The highest BCUT2D eigenvalue weighted by atomic mass is 16.5. The Balaban J connectivity index is 2.13. The highest BCUT2D eigenvalue weighted by molar-refractivity contribution is 5.79. The predicted octanol–water partition coefficient (Wildman–Crippen LogP) is 1.56. The van der Waals surface area contributed by atoms with Crippen molar-refractivity contribution in [3.8, 4) is 0 Å². The number of hydrogen-bond acceptors (Lipinski definition) is 3. The molecule has 0 atom stereocenters. The molecule has 5 nitrogen and oxygen atoms in total. The summed E-state index contributed by atoms with van der Waals surface area (Å²) in [4.78, 5) is 8.39. The molecule has 0 spiro atoms. The molecule has 2 N–H and O–H groups in total. The van der Waals surface area contributed by atoms with Crippen LogP contribution in [0.4, 0.5) is 0 Å². The van der Waals surface area contributed by atoms with Gasteiger partial charge in [-0.15, -0.1) is 0 Å². The molecule has 0 fully saturated rings. The number of unbranched alkanes of at least 4 members (excludes halogenated alkanes) is 1. The average Bonchev–Trinajstić information content (AvgIpc) is 2.47. The lowest BCUT2D eigenvalue weighted by atomic mass is 10.3. The molecule has 1 aromatic heterocycles. The Morgan fingerprint density at radius 3 is 2.89 bits per heavy atom. The zero-order valence-corrected chi connectivity index (χ0v) is 11.9. The van der Waals surface area contributed by atoms with Crippen molar-refractivity contribution in [3.63, 3.8) is 0 Å². The molecule has 0 aromatic carbocycles. The fourth-order valence-corrected chi connectivity index (χ4v) is 1.49. The third-order valence-electron chi connectivity index (χ3n) is 2.57.